The van der Waals surface area contributed by atoms with Gasteiger partial charge in [0.1, 0.15) is 0 Å². The molecular weight excluding hydrogens is 402 g/mol. The Hall–Kier alpha value is -2.41. The number of benzene rings is 2. The molecule has 6 nitrogen and oxygen atoms in total. The van der Waals surface area contributed by atoms with Crippen molar-refractivity contribution in [1.82, 2.24) is 10.6 Å². The summed E-state index contributed by atoms with van der Waals surface area (Å²) in [5.74, 6) is -0.339. The number of hydrogen-bond donors (Lipinski definition) is 3. The number of nitrogens with one attached hydrogen (secondary N) is 3. The first-order chi connectivity index (χ1) is 14.0. The van der Waals surface area contributed by atoms with E-state index in [0.717, 1.165) is 31.5 Å². The number of anilines is 1. The highest BCUT2D eigenvalue weighted by molar-refractivity contribution is 6.05. The SMILES string of the molecule is COCC1(CNC(=O)c2ccc(C)c(NC(=O)c3ccccc3)c2)CCNCC1.Cl. The third-order valence-electron chi connectivity index (χ3n) is 5.52. The summed E-state index contributed by atoms with van der Waals surface area (Å²) in [6, 6.07) is 14.4. The summed E-state index contributed by atoms with van der Waals surface area (Å²) < 4.78 is 5.42. The van der Waals surface area contributed by atoms with E-state index in [0.29, 0.717) is 30.0 Å². The highest BCUT2D eigenvalue weighted by Crippen LogP contribution is 2.28. The normalized spacial score (nSPS) is 15.0. The van der Waals surface area contributed by atoms with Crippen molar-refractivity contribution in [3.8, 4) is 0 Å². The Balaban J connectivity index is 0.00000320. The van der Waals surface area contributed by atoms with Crippen molar-refractivity contribution < 1.29 is 14.3 Å². The van der Waals surface area contributed by atoms with Gasteiger partial charge in [0.2, 0.25) is 0 Å². The Morgan fingerprint density at radius 1 is 1.03 bits per heavy atom. The summed E-state index contributed by atoms with van der Waals surface area (Å²) >= 11 is 0. The third kappa shape index (κ3) is 6.05. The van der Waals surface area contributed by atoms with Crippen molar-refractivity contribution >= 4 is 29.9 Å². The smallest absolute Gasteiger partial charge is 0.255 e. The summed E-state index contributed by atoms with van der Waals surface area (Å²) in [5, 5.41) is 9.33. The average Bonchev–Trinajstić information content (AvgIpc) is 2.75. The van der Waals surface area contributed by atoms with Crippen molar-refractivity contribution in [3.63, 3.8) is 0 Å². The van der Waals surface area contributed by atoms with Crippen molar-refractivity contribution in [2.24, 2.45) is 5.41 Å². The topological polar surface area (TPSA) is 79.5 Å². The number of amides is 2. The van der Waals surface area contributed by atoms with Crippen LogP contribution in [0.3, 0.4) is 0 Å². The van der Waals surface area contributed by atoms with Crippen LogP contribution in [-0.4, -0.2) is 45.2 Å². The summed E-state index contributed by atoms with van der Waals surface area (Å²) in [5.41, 5.74) is 2.61. The van der Waals surface area contributed by atoms with Crippen molar-refractivity contribution in [2.45, 2.75) is 19.8 Å². The maximum atomic E-state index is 12.8. The molecule has 0 radical (unpaired) electrons. The van der Waals surface area contributed by atoms with Crippen molar-refractivity contribution in [2.75, 3.05) is 38.7 Å². The Kier molecular flexibility index (Phi) is 8.84. The molecule has 30 heavy (non-hydrogen) atoms. The van der Waals surface area contributed by atoms with Crippen LogP contribution in [0.25, 0.3) is 0 Å². The van der Waals surface area contributed by atoms with Crippen LogP contribution in [0.1, 0.15) is 39.1 Å². The van der Waals surface area contributed by atoms with E-state index in [2.05, 4.69) is 16.0 Å². The molecule has 1 fully saturated rings. The van der Waals surface area contributed by atoms with Gasteiger partial charge in [-0.1, -0.05) is 24.3 Å². The number of carbonyl (C=O) groups is 2. The van der Waals surface area contributed by atoms with Crippen LogP contribution in [-0.2, 0) is 4.74 Å². The summed E-state index contributed by atoms with van der Waals surface area (Å²) in [4.78, 5) is 25.2. The third-order valence-corrected chi connectivity index (χ3v) is 5.52. The molecule has 0 saturated carbocycles. The van der Waals surface area contributed by atoms with Gasteiger partial charge in [0.15, 0.2) is 0 Å². The van der Waals surface area contributed by atoms with Crippen LogP contribution >= 0.6 is 12.4 Å². The molecule has 0 atom stereocenters. The number of aryl methyl sites for hydroxylation is 1. The van der Waals surface area contributed by atoms with E-state index in [1.54, 1.807) is 31.4 Å². The van der Waals surface area contributed by atoms with E-state index in [-0.39, 0.29) is 29.6 Å². The van der Waals surface area contributed by atoms with Crippen LogP contribution in [0.15, 0.2) is 48.5 Å². The number of ether oxygens (including phenoxy) is 1. The Morgan fingerprint density at radius 2 is 1.73 bits per heavy atom. The predicted octanol–water partition coefficient (Wildman–Crippen LogP) is 3.42. The van der Waals surface area contributed by atoms with Crippen molar-refractivity contribution in [1.29, 1.82) is 0 Å². The molecule has 0 aliphatic carbocycles. The highest BCUT2D eigenvalue weighted by Gasteiger charge is 2.32. The minimum atomic E-state index is -0.194. The predicted molar refractivity (Wildman–Crippen MR) is 122 cm³/mol. The fraction of sp³-hybridized carbons (Fsp3) is 0.391. The molecule has 7 heteroatoms. The van der Waals surface area contributed by atoms with Crippen LogP contribution in [0.2, 0.25) is 0 Å². The lowest BCUT2D eigenvalue weighted by atomic mass is 9.79. The Labute approximate surface area is 184 Å². The Bertz CT molecular complexity index is 847. The van der Waals surface area contributed by atoms with E-state index in [9.17, 15) is 9.59 Å². The van der Waals surface area contributed by atoms with E-state index in [1.807, 2.05) is 31.2 Å². The monoisotopic (exact) mass is 431 g/mol. The minimum absolute atomic E-state index is 0. The number of piperidine rings is 1. The maximum absolute atomic E-state index is 12.8. The van der Waals surface area contributed by atoms with Crippen LogP contribution in [0, 0.1) is 12.3 Å². The standard InChI is InChI=1S/C23H29N3O3.ClH/c1-17-8-9-19(14-20(17)26-22(28)18-6-4-3-5-7-18)21(27)25-15-23(16-29-2)10-12-24-13-11-23;/h3-9,14,24H,10-13,15-16H2,1-2H3,(H,25,27)(H,26,28);1H. The van der Waals surface area contributed by atoms with E-state index in [4.69, 9.17) is 4.74 Å². The first kappa shape index (κ1) is 23.9. The van der Waals surface area contributed by atoms with Crippen molar-refractivity contribution in [3.05, 3.63) is 65.2 Å². The van der Waals surface area contributed by atoms with Crippen LogP contribution < -0.4 is 16.0 Å². The van der Waals surface area contributed by atoms with Gasteiger partial charge in [0, 0.05) is 35.9 Å². The fourth-order valence-electron chi connectivity index (χ4n) is 3.69. The number of halogens is 1. The van der Waals surface area contributed by atoms with E-state index in [1.165, 1.54) is 0 Å². The molecule has 0 spiro atoms. The number of rotatable bonds is 7. The van der Waals surface area contributed by atoms with Crippen LogP contribution in [0.4, 0.5) is 5.69 Å². The number of hydrogen-bond acceptors (Lipinski definition) is 4. The van der Waals surface area contributed by atoms with Gasteiger partial charge in [-0.15, -0.1) is 12.4 Å². The second kappa shape index (κ2) is 11.1. The molecule has 1 heterocycles. The van der Waals surface area contributed by atoms with Gasteiger partial charge in [-0.3, -0.25) is 9.59 Å². The second-order valence-electron chi connectivity index (χ2n) is 7.72. The van der Waals surface area contributed by atoms with Crippen LogP contribution in [0.5, 0.6) is 0 Å². The van der Waals surface area contributed by atoms with Gasteiger partial charge >= 0.3 is 0 Å². The molecule has 2 aromatic carbocycles. The second-order valence-corrected chi connectivity index (χ2v) is 7.72. The van der Waals surface area contributed by atoms with Gasteiger partial charge in [-0.25, -0.2) is 0 Å². The molecular formula is C23H30ClN3O3. The maximum Gasteiger partial charge on any atom is 0.255 e. The lowest BCUT2D eigenvalue weighted by Gasteiger charge is -2.37. The van der Waals surface area contributed by atoms with E-state index >= 15 is 0 Å². The first-order valence-corrected chi connectivity index (χ1v) is 9.98. The fourth-order valence-corrected chi connectivity index (χ4v) is 3.69. The lowest BCUT2D eigenvalue weighted by molar-refractivity contribution is 0.0511. The molecule has 2 aromatic rings. The zero-order valence-corrected chi connectivity index (χ0v) is 18.3. The van der Waals surface area contributed by atoms with Gasteiger partial charge in [0.05, 0.1) is 6.61 Å². The summed E-state index contributed by atoms with van der Waals surface area (Å²) in [7, 11) is 1.70. The Morgan fingerprint density at radius 3 is 2.40 bits per heavy atom. The highest BCUT2D eigenvalue weighted by atomic mass is 35.5. The molecule has 2 amide bonds. The molecule has 3 rings (SSSR count). The molecule has 3 N–H and O–H groups in total. The average molecular weight is 432 g/mol. The minimum Gasteiger partial charge on any atom is -0.384 e. The zero-order valence-electron chi connectivity index (χ0n) is 17.5. The molecule has 1 aliphatic heterocycles. The molecule has 0 aromatic heterocycles. The molecule has 0 bridgehead atoms. The van der Waals surface area contributed by atoms with E-state index < -0.39 is 0 Å². The first-order valence-electron chi connectivity index (χ1n) is 9.98. The lowest BCUT2D eigenvalue weighted by Crippen LogP contribution is -2.47. The van der Waals surface area contributed by atoms with Gasteiger partial charge in [-0.05, 0) is 62.7 Å². The zero-order chi connectivity index (χ0) is 20.7. The van der Waals surface area contributed by atoms with Gasteiger partial charge in [-0.2, -0.15) is 0 Å². The summed E-state index contributed by atoms with van der Waals surface area (Å²) in [6.45, 7) is 4.96. The van der Waals surface area contributed by atoms with Gasteiger partial charge < -0.3 is 20.7 Å². The largest absolute Gasteiger partial charge is 0.384 e. The quantitative estimate of drug-likeness (QED) is 0.627. The summed E-state index contributed by atoms with van der Waals surface area (Å²) in [6.07, 6.45) is 1.93. The number of carbonyl (C=O) groups excluding carboxylic acids is 2. The molecule has 1 saturated heterocycles. The molecule has 0 unspecified atom stereocenters. The molecule has 162 valence electrons. The molecule has 1 aliphatic rings. The number of methoxy groups -OCH3 is 1. The van der Waals surface area contributed by atoms with Gasteiger partial charge in [0.25, 0.3) is 11.8 Å².